The molecule has 0 aliphatic carbocycles. The van der Waals surface area contributed by atoms with Gasteiger partial charge in [-0.25, -0.2) is 4.98 Å². The van der Waals surface area contributed by atoms with Crippen LogP contribution in [-0.2, 0) is 6.42 Å². The van der Waals surface area contributed by atoms with E-state index in [0.717, 1.165) is 33.6 Å². The van der Waals surface area contributed by atoms with Gasteiger partial charge in [0.25, 0.3) is 0 Å². The molecule has 0 saturated carbocycles. The van der Waals surface area contributed by atoms with E-state index in [4.69, 9.17) is 17.3 Å². The maximum absolute atomic E-state index is 5.95. The summed E-state index contributed by atoms with van der Waals surface area (Å²) in [4.78, 5) is 8.77. The van der Waals surface area contributed by atoms with E-state index in [1.807, 2.05) is 32.2 Å². The van der Waals surface area contributed by atoms with Gasteiger partial charge in [-0.1, -0.05) is 11.6 Å². The number of imidazole rings is 1. The number of nitrogens with two attached hydrogens (primary N) is 1. The molecule has 3 N–H and O–H groups in total. The van der Waals surface area contributed by atoms with Crippen LogP contribution in [0.4, 0.5) is 0 Å². The number of hydrogen-bond acceptors (Lipinski definition) is 3. The van der Waals surface area contributed by atoms with Crippen molar-refractivity contribution in [2.45, 2.75) is 32.2 Å². The number of nitrogens with one attached hydrogen (secondary N) is 1. The number of halogens is 1. The van der Waals surface area contributed by atoms with Gasteiger partial charge in [0.05, 0.1) is 21.1 Å². The SMILES string of the molecule is CC(C)(N)CCc1ncc(-c2ccc(Cl)s2)[nH]1. The molecule has 2 rings (SSSR count). The molecule has 2 aromatic rings. The van der Waals surface area contributed by atoms with Crippen LogP contribution in [0.3, 0.4) is 0 Å². The third-order valence-electron chi connectivity index (χ3n) is 2.47. The summed E-state index contributed by atoms with van der Waals surface area (Å²) >= 11 is 7.45. The Kier molecular flexibility index (Phi) is 3.56. The highest BCUT2D eigenvalue weighted by Crippen LogP contribution is 2.29. The van der Waals surface area contributed by atoms with Gasteiger partial charge in [0.2, 0.25) is 0 Å². The van der Waals surface area contributed by atoms with Crippen molar-refractivity contribution in [2.75, 3.05) is 0 Å². The molecule has 0 radical (unpaired) electrons. The van der Waals surface area contributed by atoms with E-state index in [-0.39, 0.29) is 5.54 Å². The maximum atomic E-state index is 5.95. The van der Waals surface area contributed by atoms with E-state index in [1.54, 1.807) is 11.3 Å². The van der Waals surface area contributed by atoms with Gasteiger partial charge in [-0.15, -0.1) is 11.3 Å². The lowest BCUT2D eigenvalue weighted by Crippen LogP contribution is -2.32. The Balaban J connectivity index is 2.06. The molecular weight excluding hydrogens is 254 g/mol. The molecule has 17 heavy (non-hydrogen) atoms. The summed E-state index contributed by atoms with van der Waals surface area (Å²) in [6.45, 7) is 4.05. The van der Waals surface area contributed by atoms with Gasteiger partial charge in [0.15, 0.2) is 0 Å². The Morgan fingerprint density at radius 3 is 2.82 bits per heavy atom. The Morgan fingerprint density at radius 2 is 2.24 bits per heavy atom. The summed E-state index contributed by atoms with van der Waals surface area (Å²) < 4.78 is 0.791. The first-order chi connectivity index (χ1) is 7.94. The average Bonchev–Trinajstić information content (AvgIpc) is 2.81. The lowest BCUT2D eigenvalue weighted by atomic mass is 10.0. The molecule has 0 spiro atoms. The zero-order valence-electron chi connectivity index (χ0n) is 9.96. The molecule has 0 bridgehead atoms. The summed E-state index contributed by atoms with van der Waals surface area (Å²) in [6, 6.07) is 3.89. The van der Waals surface area contributed by atoms with Crippen LogP contribution in [0.25, 0.3) is 10.6 Å². The highest BCUT2D eigenvalue weighted by Gasteiger charge is 2.12. The first kappa shape index (κ1) is 12.6. The van der Waals surface area contributed by atoms with Crippen molar-refractivity contribution in [1.29, 1.82) is 0 Å². The predicted octanol–water partition coefficient (Wildman–Crippen LogP) is 3.46. The second-order valence-corrected chi connectivity index (χ2v) is 6.55. The van der Waals surface area contributed by atoms with Crippen LogP contribution in [0.15, 0.2) is 18.3 Å². The second kappa shape index (κ2) is 4.80. The van der Waals surface area contributed by atoms with Gasteiger partial charge in [-0.2, -0.15) is 0 Å². The summed E-state index contributed by atoms with van der Waals surface area (Å²) in [5.41, 5.74) is 6.81. The molecule has 92 valence electrons. The number of H-pyrrole nitrogens is 1. The van der Waals surface area contributed by atoms with E-state index in [0.29, 0.717) is 0 Å². The van der Waals surface area contributed by atoms with Gasteiger partial charge in [-0.3, -0.25) is 0 Å². The Bertz CT molecular complexity index is 496. The largest absolute Gasteiger partial charge is 0.341 e. The Morgan fingerprint density at radius 1 is 1.47 bits per heavy atom. The minimum Gasteiger partial charge on any atom is -0.341 e. The predicted molar refractivity (Wildman–Crippen MR) is 73.5 cm³/mol. The Hall–Kier alpha value is -0.840. The van der Waals surface area contributed by atoms with Crippen molar-refractivity contribution in [3.8, 4) is 10.6 Å². The number of hydrogen-bond donors (Lipinski definition) is 2. The topological polar surface area (TPSA) is 54.7 Å². The molecule has 5 heteroatoms. The van der Waals surface area contributed by atoms with Gasteiger partial charge in [-0.05, 0) is 32.4 Å². The van der Waals surface area contributed by atoms with Crippen molar-refractivity contribution >= 4 is 22.9 Å². The number of aromatic nitrogens is 2. The van der Waals surface area contributed by atoms with Crippen molar-refractivity contribution in [3.63, 3.8) is 0 Å². The third-order valence-corrected chi connectivity index (χ3v) is 3.74. The molecule has 2 aromatic heterocycles. The van der Waals surface area contributed by atoms with E-state index in [2.05, 4.69) is 9.97 Å². The smallest absolute Gasteiger partial charge is 0.106 e. The van der Waals surface area contributed by atoms with Crippen molar-refractivity contribution < 1.29 is 0 Å². The molecule has 0 aromatic carbocycles. The van der Waals surface area contributed by atoms with Crippen LogP contribution in [0.5, 0.6) is 0 Å². The average molecular weight is 270 g/mol. The molecule has 0 atom stereocenters. The standard InChI is InChI=1S/C12H16ClN3S/c1-12(2,14)6-5-11-15-7-8(16-11)9-3-4-10(13)17-9/h3-4,7H,5-6,14H2,1-2H3,(H,15,16). The quantitative estimate of drug-likeness (QED) is 0.893. The first-order valence-electron chi connectivity index (χ1n) is 5.52. The van der Waals surface area contributed by atoms with Crippen LogP contribution in [0.1, 0.15) is 26.1 Å². The lowest BCUT2D eigenvalue weighted by Gasteiger charge is -2.16. The molecule has 0 aliphatic rings. The highest BCUT2D eigenvalue weighted by molar-refractivity contribution is 7.19. The molecule has 0 amide bonds. The van der Waals surface area contributed by atoms with E-state index in [1.165, 1.54) is 0 Å². The molecule has 3 nitrogen and oxygen atoms in total. The molecule has 0 unspecified atom stereocenters. The fourth-order valence-corrected chi connectivity index (χ4v) is 2.52. The number of nitrogens with zero attached hydrogens (tertiary/aromatic N) is 1. The summed E-state index contributed by atoms with van der Waals surface area (Å²) in [5.74, 6) is 0.975. The van der Waals surface area contributed by atoms with Crippen LogP contribution in [0.2, 0.25) is 4.34 Å². The maximum Gasteiger partial charge on any atom is 0.106 e. The highest BCUT2D eigenvalue weighted by atomic mass is 35.5. The minimum atomic E-state index is -0.154. The number of rotatable bonds is 4. The van der Waals surface area contributed by atoms with Gasteiger partial charge in [0.1, 0.15) is 5.82 Å². The fourth-order valence-electron chi connectivity index (χ4n) is 1.51. The van der Waals surface area contributed by atoms with E-state index in [9.17, 15) is 0 Å². The van der Waals surface area contributed by atoms with Gasteiger partial charge < -0.3 is 10.7 Å². The van der Waals surface area contributed by atoms with Crippen LogP contribution >= 0.6 is 22.9 Å². The van der Waals surface area contributed by atoms with E-state index >= 15 is 0 Å². The minimum absolute atomic E-state index is 0.154. The zero-order chi connectivity index (χ0) is 12.5. The lowest BCUT2D eigenvalue weighted by molar-refractivity contribution is 0.472. The van der Waals surface area contributed by atoms with Gasteiger partial charge >= 0.3 is 0 Å². The van der Waals surface area contributed by atoms with Crippen LogP contribution < -0.4 is 5.73 Å². The molecule has 0 aliphatic heterocycles. The molecule has 0 fully saturated rings. The molecule has 2 heterocycles. The fraction of sp³-hybridized carbons (Fsp3) is 0.417. The normalized spacial score (nSPS) is 12.0. The summed E-state index contributed by atoms with van der Waals surface area (Å²) in [6.07, 6.45) is 3.62. The summed E-state index contributed by atoms with van der Waals surface area (Å²) in [5, 5.41) is 0. The number of aryl methyl sites for hydroxylation is 1. The Labute approximate surface area is 110 Å². The molecule has 0 saturated heterocycles. The van der Waals surface area contributed by atoms with E-state index < -0.39 is 0 Å². The summed E-state index contributed by atoms with van der Waals surface area (Å²) in [7, 11) is 0. The number of thiophene rings is 1. The van der Waals surface area contributed by atoms with Crippen molar-refractivity contribution in [3.05, 3.63) is 28.5 Å². The van der Waals surface area contributed by atoms with Crippen LogP contribution in [-0.4, -0.2) is 15.5 Å². The number of aromatic amines is 1. The van der Waals surface area contributed by atoms with Crippen LogP contribution in [0, 0.1) is 0 Å². The first-order valence-corrected chi connectivity index (χ1v) is 6.72. The zero-order valence-corrected chi connectivity index (χ0v) is 11.5. The molecular formula is C12H16ClN3S. The van der Waals surface area contributed by atoms with Crippen molar-refractivity contribution in [1.82, 2.24) is 9.97 Å². The van der Waals surface area contributed by atoms with Crippen molar-refractivity contribution in [2.24, 2.45) is 5.73 Å². The third kappa shape index (κ3) is 3.56. The monoisotopic (exact) mass is 269 g/mol. The second-order valence-electron chi connectivity index (χ2n) is 4.84. The van der Waals surface area contributed by atoms with Gasteiger partial charge in [0, 0.05) is 12.0 Å².